The molecule has 1 aromatic rings. The van der Waals surface area contributed by atoms with E-state index in [9.17, 15) is 14.9 Å². The average Bonchev–Trinajstić information content (AvgIpc) is 2.35. The van der Waals surface area contributed by atoms with Crippen molar-refractivity contribution in [3.63, 3.8) is 0 Å². The molecule has 0 saturated heterocycles. The Morgan fingerprint density at radius 3 is 2.82 bits per heavy atom. The number of nitrogens with two attached hydrogens (primary N) is 1. The van der Waals surface area contributed by atoms with Crippen molar-refractivity contribution in [2.75, 3.05) is 13.7 Å². The maximum Gasteiger partial charge on any atom is 0.270 e. The van der Waals surface area contributed by atoms with Crippen LogP contribution in [0.2, 0.25) is 0 Å². The molecule has 0 unspecified atom stereocenters. The lowest BCUT2D eigenvalue weighted by Crippen LogP contribution is -2.25. The lowest BCUT2D eigenvalue weighted by Gasteiger charge is -2.09. The Balaban J connectivity index is 2.85. The van der Waals surface area contributed by atoms with E-state index in [2.05, 4.69) is 5.32 Å². The van der Waals surface area contributed by atoms with Gasteiger partial charge in [0.1, 0.15) is 5.75 Å². The van der Waals surface area contributed by atoms with E-state index >= 15 is 0 Å². The Kier molecular flexibility index (Phi) is 4.41. The van der Waals surface area contributed by atoms with Gasteiger partial charge in [0.2, 0.25) is 0 Å². The van der Waals surface area contributed by atoms with Gasteiger partial charge in [-0.15, -0.1) is 0 Å². The first-order valence-electron chi connectivity index (χ1n) is 4.89. The molecule has 0 atom stereocenters. The Hall–Kier alpha value is -2.15. The number of amides is 1. The molecule has 1 aromatic carbocycles. The summed E-state index contributed by atoms with van der Waals surface area (Å²) in [6.07, 6.45) is 0. The molecule has 0 saturated carbocycles. The first-order chi connectivity index (χ1) is 8.08. The van der Waals surface area contributed by atoms with Gasteiger partial charge in [-0.2, -0.15) is 0 Å². The van der Waals surface area contributed by atoms with Crippen LogP contribution in [0, 0.1) is 10.1 Å². The van der Waals surface area contributed by atoms with Crippen LogP contribution in [0.25, 0.3) is 0 Å². The lowest BCUT2D eigenvalue weighted by molar-refractivity contribution is -0.384. The van der Waals surface area contributed by atoms with E-state index in [0.29, 0.717) is 11.3 Å². The first kappa shape index (κ1) is 12.9. The molecule has 92 valence electrons. The number of ether oxygens (including phenoxy) is 1. The topological polar surface area (TPSA) is 107 Å². The smallest absolute Gasteiger partial charge is 0.270 e. The second-order valence-electron chi connectivity index (χ2n) is 3.22. The molecule has 7 nitrogen and oxygen atoms in total. The first-order valence-corrected chi connectivity index (χ1v) is 4.89. The van der Waals surface area contributed by atoms with Crippen molar-refractivity contribution >= 4 is 11.6 Å². The van der Waals surface area contributed by atoms with E-state index in [1.807, 2.05) is 0 Å². The van der Waals surface area contributed by atoms with Gasteiger partial charge in [-0.05, 0) is 6.07 Å². The average molecular weight is 239 g/mol. The highest BCUT2D eigenvalue weighted by molar-refractivity contribution is 5.77. The van der Waals surface area contributed by atoms with Crippen molar-refractivity contribution in [2.45, 2.75) is 6.54 Å². The number of carbonyl (C=O) groups excluding carboxylic acids is 1. The van der Waals surface area contributed by atoms with Gasteiger partial charge in [0.15, 0.2) is 6.61 Å². The number of hydrogen-bond donors (Lipinski definition) is 2. The molecule has 1 rings (SSSR count). The molecule has 0 radical (unpaired) electrons. The minimum absolute atomic E-state index is 0.0576. The molecule has 0 spiro atoms. The second-order valence-corrected chi connectivity index (χ2v) is 3.22. The highest BCUT2D eigenvalue weighted by Gasteiger charge is 2.11. The van der Waals surface area contributed by atoms with Gasteiger partial charge in [-0.25, -0.2) is 0 Å². The predicted octanol–water partition coefficient (Wildman–Crippen LogP) is 0.178. The summed E-state index contributed by atoms with van der Waals surface area (Å²) in [5.74, 6) is 0.0908. The quantitative estimate of drug-likeness (QED) is 0.562. The monoisotopic (exact) mass is 239 g/mol. The number of benzene rings is 1. The summed E-state index contributed by atoms with van der Waals surface area (Å²) >= 11 is 0. The zero-order chi connectivity index (χ0) is 12.8. The molecule has 0 aliphatic rings. The lowest BCUT2D eigenvalue weighted by atomic mass is 10.2. The number of nitro benzene ring substituents is 1. The Morgan fingerprint density at radius 2 is 2.29 bits per heavy atom. The normalized spacial score (nSPS) is 9.76. The van der Waals surface area contributed by atoms with Gasteiger partial charge in [-0.1, -0.05) is 0 Å². The fourth-order valence-electron chi connectivity index (χ4n) is 1.20. The highest BCUT2D eigenvalue weighted by atomic mass is 16.6. The summed E-state index contributed by atoms with van der Waals surface area (Å²) in [5.41, 5.74) is 5.89. The van der Waals surface area contributed by atoms with Crippen LogP contribution in [0.4, 0.5) is 5.69 Å². The standard InChI is InChI=1S/C10H13N3O4/c1-12-10(14)6-17-9-3-2-8(13(15)16)4-7(9)5-11/h2-4H,5-6,11H2,1H3,(H,12,14). The van der Waals surface area contributed by atoms with Crippen molar-refractivity contribution in [1.29, 1.82) is 0 Å². The summed E-state index contributed by atoms with van der Waals surface area (Å²) in [4.78, 5) is 21.0. The Morgan fingerprint density at radius 1 is 1.59 bits per heavy atom. The van der Waals surface area contributed by atoms with E-state index < -0.39 is 4.92 Å². The molecular formula is C10H13N3O4. The molecule has 7 heteroatoms. The third kappa shape index (κ3) is 3.42. The van der Waals surface area contributed by atoms with Gasteiger partial charge < -0.3 is 15.8 Å². The molecule has 0 aliphatic carbocycles. The predicted molar refractivity (Wildman–Crippen MR) is 60.5 cm³/mol. The maximum absolute atomic E-state index is 11.0. The Labute approximate surface area is 97.7 Å². The van der Waals surface area contributed by atoms with Crippen molar-refractivity contribution in [3.8, 4) is 5.75 Å². The summed E-state index contributed by atoms with van der Waals surface area (Å²) in [6, 6.07) is 4.07. The Bertz CT molecular complexity index is 434. The zero-order valence-corrected chi connectivity index (χ0v) is 9.30. The minimum atomic E-state index is -0.512. The van der Waals surface area contributed by atoms with Gasteiger partial charge in [0.25, 0.3) is 11.6 Å². The van der Waals surface area contributed by atoms with Gasteiger partial charge in [0, 0.05) is 31.3 Å². The number of nitrogens with zero attached hydrogens (tertiary/aromatic N) is 1. The molecular weight excluding hydrogens is 226 g/mol. The van der Waals surface area contributed by atoms with Crippen LogP contribution in [0.1, 0.15) is 5.56 Å². The number of nitrogens with one attached hydrogen (secondary N) is 1. The largest absolute Gasteiger partial charge is 0.483 e. The summed E-state index contributed by atoms with van der Waals surface area (Å²) in [5, 5.41) is 13.0. The van der Waals surface area contributed by atoms with E-state index in [1.54, 1.807) is 0 Å². The van der Waals surface area contributed by atoms with Gasteiger partial charge in [-0.3, -0.25) is 14.9 Å². The number of hydrogen-bond acceptors (Lipinski definition) is 5. The van der Waals surface area contributed by atoms with Gasteiger partial charge in [0.05, 0.1) is 4.92 Å². The molecule has 17 heavy (non-hydrogen) atoms. The number of rotatable bonds is 5. The number of nitro groups is 1. The number of non-ortho nitro benzene ring substituents is 1. The van der Waals surface area contributed by atoms with Crippen LogP contribution in [0.3, 0.4) is 0 Å². The van der Waals surface area contributed by atoms with Crippen molar-refractivity contribution < 1.29 is 14.5 Å². The van der Waals surface area contributed by atoms with Crippen LogP contribution in [-0.2, 0) is 11.3 Å². The maximum atomic E-state index is 11.0. The molecule has 0 heterocycles. The van der Waals surface area contributed by atoms with Crippen LogP contribution >= 0.6 is 0 Å². The summed E-state index contributed by atoms with van der Waals surface area (Å²) in [7, 11) is 1.49. The van der Waals surface area contributed by atoms with E-state index in [-0.39, 0.29) is 24.7 Å². The number of likely N-dealkylation sites (N-methyl/N-ethyl adjacent to an activating group) is 1. The van der Waals surface area contributed by atoms with Crippen molar-refractivity contribution in [2.24, 2.45) is 5.73 Å². The van der Waals surface area contributed by atoms with Crippen molar-refractivity contribution in [3.05, 3.63) is 33.9 Å². The molecule has 1 amide bonds. The highest BCUT2D eigenvalue weighted by Crippen LogP contribution is 2.23. The molecule has 3 N–H and O–H groups in total. The third-order valence-electron chi connectivity index (χ3n) is 2.11. The molecule has 0 bridgehead atoms. The zero-order valence-electron chi connectivity index (χ0n) is 9.30. The van der Waals surface area contributed by atoms with E-state index in [1.165, 1.54) is 25.2 Å². The second kappa shape index (κ2) is 5.80. The van der Waals surface area contributed by atoms with Crippen LogP contribution < -0.4 is 15.8 Å². The fraction of sp³-hybridized carbons (Fsp3) is 0.300. The molecule has 0 aliphatic heterocycles. The SMILES string of the molecule is CNC(=O)COc1ccc([N+](=O)[O-])cc1CN. The molecule has 0 aromatic heterocycles. The molecule has 0 fully saturated rings. The fourth-order valence-corrected chi connectivity index (χ4v) is 1.20. The summed E-state index contributed by atoms with van der Waals surface area (Å²) < 4.78 is 5.20. The summed E-state index contributed by atoms with van der Waals surface area (Å²) in [6.45, 7) is -0.0495. The third-order valence-corrected chi connectivity index (χ3v) is 2.11. The number of carbonyl (C=O) groups is 1. The van der Waals surface area contributed by atoms with Crippen LogP contribution in [0.15, 0.2) is 18.2 Å². The van der Waals surface area contributed by atoms with Crippen LogP contribution in [0.5, 0.6) is 5.75 Å². The van der Waals surface area contributed by atoms with Gasteiger partial charge >= 0.3 is 0 Å². The van der Waals surface area contributed by atoms with E-state index in [4.69, 9.17) is 10.5 Å². The van der Waals surface area contributed by atoms with Crippen molar-refractivity contribution in [1.82, 2.24) is 5.32 Å². The minimum Gasteiger partial charge on any atom is -0.483 e. The van der Waals surface area contributed by atoms with E-state index in [0.717, 1.165) is 0 Å². The van der Waals surface area contributed by atoms with Crippen LogP contribution in [-0.4, -0.2) is 24.5 Å².